The minimum absolute atomic E-state index is 0. The summed E-state index contributed by atoms with van der Waals surface area (Å²) in [5.41, 5.74) is 11.4. The van der Waals surface area contributed by atoms with Crippen LogP contribution in [0.5, 0.6) is 11.5 Å². The number of hydrogen-bond donors (Lipinski definition) is 0. The molecule has 66 heavy (non-hydrogen) atoms. The van der Waals surface area contributed by atoms with Gasteiger partial charge in [-0.1, -0.05) is 175 Å². The van der Waals surface area contributed by atoms with Gasteiger partial charge in [0, 0.05) is 61.3 Å². The number of imidazole rings is 1. The molecule has 3 heterocycles. The first-order valence-corrected chi connectivity index (χ1v) is 22.4. The first kappa shape index (κ1) is 44.4. The van der Waals surface area contributed by atoms with E-state index < -0.39 is 0 Å². The second-order valence-corrected chi connectivity index (χ2v) is 19.0. The van der Waals surface area contributed by atoms with Crippen LogP contribution in [0.25, 0.3) is 50.1 Å². The maximum absolute atomic E-state index is 6.83. The normalized spacial score (nSPS) is 12.0. The van der Waals surface area contributed by atoms with Crippen LogP contribution in [0.3, 0.4) is 0 Å². The summed E-state index contributed by atoms with van der Waals surface area (Å²) in [5.74, 6) is 1.98. The molecule has 0 unspecified atom stereocenters. The Morgan fingerprint density at radius 1 is 0.530 bits per heavy atom. The van der Waals surface area contributed by atoms with E-state index in [2.05, 4.69) is 246 Å². The van der Waals surface area contributed by atoms with Crippen LogP contribution in [0, 0.1) is 18.5 Å². The average Bonchev–Trinajstić information content (AvgIpc) is 3.93. The van der Waals surface area contributed by atoms with Gasteiger partial charge in [0.25, 0.3) is 6.33 Å². The third kappa shape index (κ3) is 8.33. The molecular formula is C60H52N4OPt-2. The Kier molecular flexibility index (Phi) is 11.8. The Bertz CT molecular complexity index is 3310. The topological polar surface area (TPSA) is 35.9 Å². The predicted molar refractivity (Wildman–Crippen MR) is 264 cm³/mol. The minimum atomic E-state index is -0.235. The number of aromatic nitrogens is 4. The standard InChI is InChI=1S/C60H52N4O.Pt/c1-58(2,3)56-40-62(41-63(56)48-29-27-46(28-30-48)59(4,5)44-21-13-9-14-22-44)49-35-43(42-19-11-8-12-20-42)36-51(38-49)65-50-31-32-53-52-25-17-18-26-54(52)64(55(53)39-50)57-37-47(33-34-61-57)60(6,7)45-23-15-10-16-24-45;/h8-37,40H,1-7H3;/q-2;. The molecule has 0 atom stereocenters. The maximum Gasteiger partial charge on any atom is 0.267 e. The van der Waals surface area contributed by atoms with E-state index in [0.717, 1.165) is 55.8 Å². The fourth-order valence-electron chi connectivity index (χ4n) is 9.02. The number of hydrogen-bond acceptors (Lipinski definition) is 2. The van der Waals surface area contributed by atoms with E-state index in [1.165, 1.54) is 22.3 Å². The van der Waals surface area contributed by atoms with E-state index in [9.17, 15) is 0 Å². The average molecular weight is 1040 g/mol. The van der Waals surface area contributed by atoms with Crippen LogP contribution in [-0.2, 0) is 37.3 Å². The van der Waals surface area contributed by atoms with Gasteiger partial charge >= 0.3 is 0 Å². The summed E-state index contributed by atoms with van der Waals surface area (Å²) >= 11 is 0. The van der Waals surface area contributed by atoms with Gasteiger partial charge in [0.05, 0.1) is 11.4 Å². The quantitative estimate of drug-likeness (QED) is 0.101. The van der Waals surface area contributed by atoms with Crippen LogP contribution < -0.4 is 9.30 Å². The summed E-state index contributed by atoms with van der Waals surface area (Å²) in [6.45, 7) is 15.8. The molecule has 0 N–H and O–H groups in total. The number of rotatable bonds is 10. The van der Waals surface area contributed by atoms with Crippen molar-refractivity contribution in [3.8, 4) is 39.8 Å². The van der Waals surface area contributed by atoms with E-state index in [1.807, 2.05) is 22.9 Å². The molecule has 0 bridgehead atoms. The zero-order valence-corrected chi connectivity index (χ0v) is 40.7. The van der Waals surface area contributed by atoms with Crippen molar-refractivity contribution in [1.82, 2.24) is 14.1 Å². The monoisotopic (exact) mass is 1040 g/mol. The second kappa shape index (κ2) is 17.5. The number of benzene rings is 7. The molecule has 0 radical (unpaired) electrons. The van der Waals surface area contributed by atoms with Gasteiger partial charge in [0.2, 0.25) is 0 Å². The summed E-state index contributed by atoms with van der Waals surface area (Å²) in [6.07, 6.45) is 7.78. The third-order valence-electron chi connectivity index (χ3n) is 13.0. The van der Waals surface area contributed by atoms with E-state index in [4.69, 9.17) is 9.72 Å². The second-order valence-electron chi connectivity index (χ2n) is 19.0. The van der Waals surface area contributed by atoms with Crippen molar-refractivity contribution in [2.24, 2.45) is 0 Å². The number of nitrogens with zero attached hydrogens (tertiary/aromatic N) is 4. The summed E-state index contributed by atoms with van der Waals surface area (Å²) in [7, 11) is 0. The molecule has 330 valence electrons. The van der Waals surface area contributed by atoms with Crippen LogP contribution in [0.1, 0.15) is 76.4 Å². The summed E-state index contributed by atoms with van der Waals surface area (Å²) in [6, 6.07) is 69.1. The zero-order valence-electron chi connectivity index (χ0n) is 38.4. The van der Waals surface area contributed by atoms with Crippen molar-refractivity contribution in [1.29, 1.82) is 0 Å². The fraction of sp³-hybridized carbons (Fsp3) is 0.167. The van der Waals surface area contributed by atoms with Gasteiger partial charge < -0.3 is 13.9 Å². The first-order valence-electron chi connectivity index (χ1n) is 22.4. The van der Waals surface area contributed by atoms with Gasteiger partial charge in [0.15, 0.2) is 0 Å². The van der Waals surface area contributed by atoms with Gasteiger partial charge in [-0.15, -0.1) is 35.2 Å². The van der Waals surface area contributed by atoms with Crippen molar-refractivity contribution in [3.63, 3.8) is 0 Å². The van der Waals surface area contributed by atoms with E-state index in [1.54, 1.807) is 0 Å². The van der Waals surface area contributed by atoms with Gasteiger partial charge in [0.1, 0.15) is 5.82 Å². The largest absolute Gasteiger partial charge is 0.510 e. The number of para-hydroxylation sites is 1. The molecule has 5 nitrogen and oxygen atoms in total. The summed E-state index contributed by atoms with van der Waals surface area (Å²) in [4.78, 5) is 4.96. The van der Waals surface area contributed by atoms with Crippen LogP contribution in [0.2, 0.25) is 0 Å². The molecule has 0 fully saturated rings. The molecule has 6 heteroatoms. The van der Waals surface area contributed by atoms with E-state index in [-0.39, 0.29) is 37.3 Å². The molecule has 0 aliphatic carbocycles. The Balaban J connectivity index is 0.00000548. The molecule has 7 aromatic carbocycles. The van der Waals surface area contributed by atoms with Crippen molar-refractivity contribution in [2.45, 2.75) is 64.7 Å². The molecule has 0 aliphatic rings. The summed E-state index contributed by atoms with van der Waals surface area (Å²) < 4.78 is 13.2. The Hall–Kier alpha value is -6.81. The molecule has 3 aromatic heterocycles. The zero-order chi connectivity index (χ0) is 44.9. The third-order valence-corrected chi connectivity index (χ3v) is 13.0. The Labute approximate surface area is 403 Å². The summed E-state index contributed by atoms with van der Waals surface area (Å²) in [5, 5.41) is 2.20. The van der Waals surface area contributed by atoms with Crippen molar-refractivity contribution >= 4 is 21.8 Å². The van der Waals surface area contributed by atoms with Crippen LogP contribution in [-0.4, -0.2) is 14.1 Å². The smallest absolute Gasteiger partial charge is 0.267 e. The van der Waals surface area contributed by atoms with Gasteiger partial charge in [-0.05, 0) is 74.6 Å². The maximum atomic E-state index is 6.83. The van der Waals surface area contributed by atoms with Gasteiger partial charge in [-0.3, -0.25) is 4.57 Å². The van der Waals surface area contributed by atoms with Crippen LogP contribution in [0.15, 0.2) is 188 Å². The van der Waals surface area contributed by atoms with Crippen LogP contribution >= 0.6 is 0 Å². The number of fused-ring (bicyclic) bond motifs is 3. The molecule has 0 saturated heterocycles. The molecule has 0 amide bonds. The van der Waals surface area contributed by atoms with E-state index >= 15 is 0 Å². The molecular weight excluding hydrogens is 988 g/mol. The molecule has 0 saturated carbocycles. The molecule has 10 rings (SSSR count). The van der Waals surface area contributed by atoms with E-state index in [0.29, 0.717) is 11.5 Å². The Morgan fingerprint density at radius 2 is 1.14 bits per heavy atom. The number of pyridine rings is 1. The van der Waals surface area contributed by atoms with Gasteiger partial charge in [-0.2, -0.15) is 12.1 Å². The minimum Gasteiger partial charge on any atom is -0.510 e. The van der Waals surface area contributed by atoms with Crippen LogP contribution in [0.4, 0.5) is 0 Å². The number of ether oxygens (including phenoxy) is 1. The van der Waals surface area contributed by atoms with Crippen molar-refractivity contribution in [2.75, 3.05) is 0 Å². The fourth-order valence-corrected chi connectivity index (χ4v) is 9.02. The van der Waals surface area contributed by atoms with Crippen molar-refractivity contribution in [3.05, 3.63) is 235 Å². The van der Waals surface area contributed by atoms with Gasteiger partial charge in [-0.25, -0.2) is 4.98 Å². The molecule has 10 aromatic rings. The SMILES string of the molecule is CC(C)(C)c1cn(-c2[c-]c(Oc3[c-]c4c(cc3)c3ccccc3n4-c3cc(C(C)(C)c4ccccc4)ccn3)cc(-c3ccccc3)c2)[c-][n+]1-c1ccc(C(C)(C)c2ccccc2)cc1.[Pt]. The Morgan fingerprint density at radius 3 is 1.80 bits per heavy atom. The first-order chi connectivity index (χ1) is 31.3. The molecule has 0 spiro atoms. The predicted octanol–water partition coefficient (Wildman–Crippen LogP) is 14.1. The molecule has 0 aliphatic heterocycles. The van der Waals surface area contributed by atoms with Crippen molar-refractivity contribution < 1.29 is 30.4 Å².